The normalized spacial score (nSPS) is 11.6. The summed E-state index contributed by atoms with van der Waals surface area (Å²) in [6, 6.07) is 7.36. The van der Waals surface area contributed by atoms with Crippen LogP contribution in [-0.2, 0) is 17.9 Å². The van der Waals surface area contributed by atoms with E-state index in [4.69, 9.17) is 14.5 Å². The second-order valence-corrected chi connectivity index (χ2v) is 6.55. The van der Waals surface area contributed by atoms with Gasteiger partial charge in [-0.15, -0.1) is 5.10 Å². The molecule has 0 saturated carbocycles. The average Bonchev–Trinajstić information content (AvgIpc) is 3.37. The van der Waals surface area contributed by atoms with Crippen molar-refractivity contribution in [1.29, 1.82) is 0 Å². The molecule has 0 saturated heterocycles. The Labute approximate surface area is 173 Å². The van der Waals surface area contributed by atoms with E-state index in [-0.39, 0.29) is 31.4 Å². The van der Waals surface area contributed by atoms with Gasteiger partial charge in [0.25, 0.3) is 0 Å². The van der Waals surface area contributed by atoms with E-state index in [0.29, 0.717) is 30.3 Å². The summed E-state index contributed by atoms with van der Waals surface area (Å²) in [5.41, 5.74) is 1.57. The standard InChI is InChI=1S/C16H19BrN8O4/c17-12-3-1-2-4-13(12)19-16(21-27)14-15(23-29-22-14)18-5-6-25-9-11(20-24-25)10-28-8-7-26/h1-4,9,26-27H,5-8,10H2,(H,18,23)(H,19,21). The van der Waals surface area contributed by atoms with Crippen molar-refractivity contribution in [3.05, 3.63) is 46.3 Å². The number of aromatic nitrogens is 5. The van der Waals surface area contributed by atoms with Gasteiger partial charge in [-0.3, -0.25) is 4.68 Å². The van der Waals surface area contributed by atoms with E-state index in [9.17, 15) is 5.21 Å². The number of halogens is 1. The molecule has 0 atom stereocenters. The maximum Gasteiger partial charge on any atom is 0.203 e. The molecule has 13 heteroatoms. The molecule has 0 fully saturated rings. The first-order valence-electron chi connectivity index (χ1n) is 8.59. The van der Waals surface area contributed by atoms with E-state index in [1.807, 2.05) is 24.3 Å². The van der Waals surface area contributed by atoms with Crippen LogP contribution in [0.4, 0.5) is 11.5 Å². The van der Waals surface area contributed by atoms with Crippen LogP contribution in [0.5, 0.6) is 0 Å². The number of nitrogens with one attached hydrogen (secondary N) is 2. The molecule has 3 rings (SSSR count). The molecule has 0 radical (unpaired) electrons. The maximum atomic E-state index is 9.39. The van der Waals surface area contributed by atoms with Crippen molar-refractivity contribution in [3.63, 3.8) is 0 Å². The molecular weight excluding hydrogens is 448 g/mol. The molecule has 0 aliphatic rings. The minimum atomic E-state index is -0.0403. The van der Waals surface area contributed by atoms with Gasteiger partial charge in [-0.1, -0.05) is 22.5 Å². The van der Waals surface area contributed by atoms with Gasteiger partial charge in [-0.2, -0.15) is 0 Å². The molecule has 4 N–H and O–H groups in total. The molecule has 0 aliphatic carbocycles. The van der Waals surface area contributed by atoms with Gasteiger partial charge in [0, 0.05) is 11.0 Å². The van der Waals surface area contributed by atoms with Crippen LogP contribution in [0, 0.1) is 0 Å². The summed E-state index contributed by atoms with van der Waals surface area (Å²) in [5.74, 6) is 0.383. The van der Waals surface area contributed by atoms with E-state index < -0.39 is 0 Å². The molecule has 1 aromatic carbocycles. The number of ether oxygens (including phenoxy) is 1. The minimum Gasteiger partial charge on any atom is -0.409 e. The summed E-state index contributed by atoms with van der Waals surface area (Å²) in [5, 5.41) is 43.0. The fourth-order valence-corrected chi connectivity index (χ4v) is 2.71. The highest BCUT2D eigenvalue weighted by molar-refractivity contribution is 9.10. The highest BCUT2D eigenvalue weighted by Crippen LogP contribution is 2.22. The lowest BCUT2D eigenvalue weighted by molar-refractivity contribution is 0.0796. The van der Waals surface area contributed by atoms with Crippen LogP contribution in [-0.4, -0.2) is 61.2 Å². The Morgan fingerprint density at radius 1 is 1.31 bits per heavy atom. The predicted octanol–water partition coefficient (Wildman–Crippen LogP) is 1.29. The topological polar surface area (TPSA) is 156 Å². The Morgan fingerprint density at radius 2 is 2.17 bits per heavy atom. The highest BCUT2D eigenvalue weighted by atomic mass is 79.9. The van der Waals surface area contributed by atoms with E-state index >= 15 is 0 Å². The highest BCUT2D eigenvalue weighted by Gasteiger charge is 2.18. The van der Waals surface area contributed by atoms with Crippen LogP contribution < -0.4 is 10.6 Å². The molecule has 0 amide bonds. The molecule has 29 heavy (non-hydrogen) atoms. The SMILES string of the molecule is OCCOCc1cn(CCNc2nonc2C(=NO)Nc2ccccc2Br)nn1. The number of hydrogen-bond donors (Lipinski definition) is 4. The summed E-state index contributed by atoms with van der Waals surface area (Å²) < 4.78 is 12.4. The van der Waals surface area contributed by atoms with E-state index in [1.54, 1.807) is 10.9 Å². The Kier molecular flexibility index (Phi) is 7.49. The number of hydrogen-bond acceptors (Lipinski definition) is 10. The number of para-hydroxylation sites is 1. The van der Waals surface area contributed by atoms with E-state index in [1.165, 1.54) is 0 Å². The zero-order chi connectivity index (χ0) is 20.5. The zero-order valence-electron chi connectivity index (χ0n) is 15.2. The van der Waals surface area contributed by atoms with Crippen molar-refractivity contribution >= 4 is 33.3 Å². The van der Waals surface area contributed by atoms with Gasteiger partial charge in [-0.05, 0) is 38.4 Å². The molecule has 0 spiro atoms. The third-order valence-corrected chi connectivity index (χ3v) is 4.34. The Morgan fingerprint density at radius 3 is 2.97 bits per heavy atom. The Bertz CT molecular complexity index is 944. The zero-order valence-corrected chi connectivity index (χ0v) is 16.8. The number of amidine groups is 1. The van der Waals surface area contributed by atoms with E-state index in [2.05, 4.69) is 52.3 Å². The van der Waals surface area contributed by atoms with Gasteiger partial charge in [0.1, 0.15) is 5.69 Å². The lowest BCUT2D eigenvalue weighted by Crippen LogP contribution is -2.18. The Balaban J connectivity index is 1.56. The van der Waals surface area contributed by atoms with Gasteiger partial charge in [0.2, 0.25) is 11.7 Å². The predicted molar refractivity (Wildman–Crippen MR) is 106 cm³/mol. The molecule has 0 unspecified atom stereocenters. The number of nitrogens with zero attached hydrogens (tertiary/aromatic N) is 6. The third kappa shape index (κ3) is 5.73. The number of oxime groups is 1. The summed E-state index contributed by atoms with van der Waals surface area (Å²) >= 11 is 3.41. The molecule has 3 aromatic rings. The Hall–Kier alpha value is -3.03. The monoisotopic (exact) mass is 466 g/mol. The summed E-state index contributed by atoms with van der Waals surface area (Å²) in [4.78, 5) is 0. The van der Waals surface area contributed by atoms with Crippen molar-refractivity contribution in [3.8, 4) is 0 Å². The van der Waals surface area contributed by atoms with Crippen molar-refractivity contribution in [2.45, 2.75) is 13.2 Å². The van der Waals surface area contributed by atoms with Crippen LogP contribution in [0.2, 0.25) is 0 Å². The summed E-state index contributed by atoms with van der Waals surface area (Å²) in [6.07, 6.45) is 1.75. The smallest absolute Gasteiger partial charge is 0.203 e. The summed E-state index contributed by atoms with van der Waals surface area (Å²) in [7, 11) is 0. The van der Waals surface area contributed by atoms with Gasteiger partial charge >= 0.3 is 0 Å². The van der Waals surface area contributed by atoms with E-state index in [0.717, 1.165) is 4.47 Å². The molecule has 154 valence electrons. The van der Waals surface area contributed by atoms with Crippen LogP contribution in [0.1, 0.15) is 11.4 Å². The molecular formula is C16H19BrN8O4. The first-order chi connectivity index (χ1) is 14.2. The van der Waals surface area contributed by atoms with Gasteiger partial charge in [-0.25, -0.2) is 4.63 Å². The summed E-state index contributed by atoms with van der Waals surface area (Å²) in [6.45, 7) is 1.42. The third-order valence-electron chi connectivity index (χ3n) is 3.64. The lowest BCUT2D eigenvalue weighted by Gasteiger charge is -2.09. The molecule has 12 nitrogen and oxygen atoms in total. The molecule has 2 aromatic heterocycles. The van der Waals surface area contributed by atoms with Crippen LogP contribution in [0.25, 0.3) is 0 Å². The first-order valence-corrected chi connectivity index (χ1v) is 9.38. The second kappa shape index (κ2) is 10.5. The van der Waals surface area contributed by atoms with Crippen LogP contribution >= 0.6 is 15.9 Å². The average molecular weight is 467 g/mol. The molecule has 2 heterocycles. The first kappa shape index (κ1) is 20.7. The molecule has 0 bridgehead atoms. The number of aliphatic hydroxyl groups is 1. The maximum absolute atomic E-state index is 9.39. The minimum absolute atomic E-state index is 0.0403. The van der Waals surface area contributed by atoms with Crippen molar-refractivity contribution < 1.29 is 19.7 Å². The van der Waals surface area contributed by atoms with Crippen molar-refractivity contribution in [2.24, 2.45) is 5.16 Å². The largest absolute Gasteiger partial charge is 0.409 e. The fraction of sp³-hybridized carbons (Fsp3) is 0.312. The number of benzene rings is 1. The number of aliphatic hydroxyl groups excluding tert-OH is 1. The molecule has 0 aliphatic heterocycles. The van der Waals surface area contributed by atoms with Gasteiger partial charge in [0.15, 0.2) is 5.69 Å². The second-order valence-electron chi connectivity index (χ2n) is 5.69. The quantitative estimate of drug-likeness (QED) is 0.113. The lowest BCUT2D eigenvalue weighted by atomic mass is 10.3. The number of anilines is 2. The number of rotatable bonds is 10. The fourth-order valence-electron chi connectivity index (χ4n) is 2.33. The van der Waals surface area contributed by atoms with Gasteiger partial charge < -0.3 is 25.7 Å². The van der Waals surface area contributed by atoms with Crippen molar-refractivity contribution in [1.82, 2.24) is 25.3 Å². The van der Waals surface area contributed by atoms with Gasteiger partial charge in [0.05, 0.1) is 38.2 Å². The van der Waals surface area contributed by atoms with Crippen LogP contribution in [0.3, 0.4) is 0 Å². The van der Waals surface area contributed by atoms with Crippen molar-refractivity contribution in [2.75, 3.05) is 30.4 Å². The van der Waals surface area contributed by atoms with Crippen LogP contribution in [0.15, 0.2) is 44.7 Å².